The van der Waals surface area contributed by atoms with E-state index in [-0.39, 0.29) is 42.8 Å². The first-order valence-electron chi connectivity index (χ1n) is 9.26. The highest BCUT2D eigenvalue weighted by Crippen LogP contribution is 2.36. The number of nitrogens with one attached hydrogen (secondary N) is 1. The van der Waals surface area contributed by atoms with Crippen molar-refractivity contribution in [3.05, 3.63) is 33.6 Å². The molecule has 0 unspecified atom stereocenters. The summed E-state index contributed by atoms with van der Waals surface area (Å²) in [5.74, 6) is -3.71. The molecular formula is C19H22F2N4O4. The third-order valence-corrected chi connectivity index (χ3v) is 5.20. The Kier molecular flexibility index (Phi) is 5.45. The molecule has 1 aliphatic rings. The van der Waals surface area contributed by atoms with E-state index in [2.05, 4.69) is 5.32 Å². The highest BCUT2D eigenvalue weighted by molar-refractivity contribution is 5.99. The van der Waals surface area contributed by atoms with E-state index in [1.54, 1.807) is 6.92 Å². The van der Waals surface area contributed by atoms with E-state index in [9.17, 15) is 19.5 Å². The molecule has 1 aromatic heterocycles. The Bertz CT molecular complexity index is 1060. The predicted octanol–water partition coefficient (Wildman–Crippen LogP) is 1.68. The van der Waals surface area contributed by atoms with Gasteiger partial charge in [-0.2, -0.15) is 0 Å². The number of aromatic nitrogens is 1. The number of anilines is 2. The van der Waals surface area contributed by atoms with Crippen LogP contribution in [0.1, 0.15) is 37.0 Å². The summed E-state index contributed by atoms with van der Waals surface area (Å²) < 4.78 is 31.8. The molecule has 4 N–H and O–H groups in total. The second-order valence-corrected chi connectivity index (χ2v) is 7.04. The number of nitrogens with zero attached hydrogens (tertiary/aromatic N) is 2. The summed E-state index contributed by atoms with van der Waals surface area (Å²) in [6.45, 7) is 3.78. The lowest BCUT2D eigenvalue weighted by atomic mass is 10.0. The number of halogens is 2. The molecule has 0 spiro atoms. The Morgan fingerprint density at radius 1 is 1.28 bits per heavy atom. The van der Waals surface area contributed by atoms with Gasteiger partial charge in [0.05, 0.1) is 16.6 Å². The first-order valence-corrected chi connectivity index (χ1v) is 9.26. The van der Waals surface area contributed by atoms with Crippen LogP contribution in [0.3, 0.4) is 0 Å². The van der Waals surface area contributed by atoms with Crippen LogP contribution in [0.4, 0.5) is 20.2 Å². The summed E-state index contributed by atoms with van der Waals surface area (Å²) in [7, 11) is 0. The van der Waals surface area contributed by atoms with Crippen molar-refractivity contribution >= 4 is 34.2 Å². The van der Waals surface area contributed by atoms with Crippen LogP contribution in [0.15, 0.2) is 11.0 Å². The zero-order valence-corrected chi connectivity index (χ0v) is 16.1. The lowest BCUT2D eigenvalue weighted by molar-refractivity contribution is -0.119. The first kappa shape index (κ1) is 20.6. The third-order valence-electron chi connectivity index (χ3n) is 5.20. The minimum Gasteiger partial charge on any atom is -0.477 e. The molecular weight excluding hydrogens is 386 g/mol. The molecule has 1 fully saturated rings. The number of piperidine rings is 1. The summed E-state index contributed by atoms with van der Waals surface area (Å²) in [6, 6.07) is -0.0837. The molecule has 0 bridgehead atoms. The van der Waals surface area contributed by atoms with E-state index in [0.717, 1.165) is 6.20 Å². The number of fused-ring (bicyclic) bond motifs is 1. The van der Waals surface area contributed by atoms with Gasteiger partial charge >= 0.3 is 5.97 Å². The zero-order valence-electron chi connectivity index (χ0n) is 16.1. The van der Waals surface area contributed by atoms with Gasteiger partial charge in [-0.25, -0.2) is 13.6 Å². The molecule has 0 aliphatic carbocycles. The summed E-state index contributed by atoms with van der Waals surface area (Å²) in [6.07, 6.45) is 2.03. The van der Waals surface area contributed by atoms with Crippen LogP contribution in [-0.4, -0.2) is 40.7 Å². The Morgan fingerprint density at radius 3 is 2.41 bits per heavy atom. The topological polar surface area (TPSA) is 118 Å². The van der Waals surface area contributed by atoms with Crippen molar-refractivity contribution in [1.82, 2.24) is 9.88 Å². The van der Waals surface area contributed by atoms with Crippen LogP contribution in [0.25, 0.3) is 10.9 Å². The quantitative estimate of drug-likeness (QED) is 0.663. The summed E-state index contributed by atoms with van der Waals surface area (Å²) >= 11 is 0. The first-order chi connectivity index (χ1) is 13.7. The van der Waals surface area contributed by atoms with E-state index in [4.69, 9.17) is 5.73 Å². The van der Waals surface area contributed by atoms with Crippen LogP contribution in [0.5, 0.6) is 0 Å². The maximum atomic E-state index is 15.4. The van der Waals surface area contributed by atoms with Gasteiger partial charge in [-0.3, -0.25) is 9.59 Å². The highest BCUT2D eigenvalue weighted by atomic mass is 19.1. The molecule has 1 saturated heterocycles. The standard InChI is InChI=1S/C19H22F2N4O4/c1-3-24-8-11(19(28)29)18(27)12-15(22)13(20)17(14(21)16(12)24)25-6-4-10(5-7-25)23-9(2)26/h8,10H,3-7,22H2,1-2H3,(H,23,26)(H,28,29). The number of aromatic carboxylic acids is 1. The number of carbonyl (C=O) groups is 2. The Morgan fingerprint density at radius 2 is 1.90 bits per heavy atom. The minimum absolute atomic E-state index is 0.0837. The fourth-order valence-corrected chi connectivity index (χ4v) is 3.81. The summed E-state index contributed by atoms with van der Waals surface area (Å²) in [5, 5.41) is 11.6. The number of hydrogen-bond donors (Lipinski definition) is 3. The third kappa shape index (κ3) is 3.50. The second-order valence-electron chi connectivity index (χ2n) is 7.04. The van der Waals surface area contributed by atoms with E-state index < -0.39 is 39.7 Å². The number of nitrogens with two attached hydrogens (primary N) is 1. The Labute approximate surface area is 164 Å². The zero-order chi connectivity index (χ0) is 21.5. The Hall–Kier alpha value is -3.17. The monoisotopic (exact) mass is 408 g/mol. The maximum absolute atomic E-state index is 15.4. The summed E-state index contributed by atoms with van der Waals surface area (Å²) in [5.41, 5.74) is 3.08. The number of hydrogen-bond acceptors (Lipinski definition) is 5. The smallest absolute Gasteiger partial charge is 0.341 e. The lowest BCUT2D eigenvalue weighted by Gasteiger charge is -2.34. The van der Waals surface area contributed by atoms with Gasteiger partial charge in [0.1, 0.15) is 11.3 Å². The second kappa shape index (κ2) is 7.69. The average molecular weight is 408 g/mol. The molecule has 8 nitrogen and oxygen atoms in total. The molecule has 10 heteroatoms. The van der Waals surface area contributed by atoms with E-state index in [0.29, 0.717) is 12.8 Å². The van der Waals surface area contributed by atoms with Crippen molar-refractivity contribution in [1.29, 1.82) is 0 Å². The number of pyridine rings is 1. The fourth-order valence-electron chi connectivity index (χ4n) is 3.81. The molecule has 0 atom stereocenters. The average Bonchev–Trinajstić information content (AvgIpc) is 2.66. The molecule has 156 valence electrons. The SMILES string of the molecule is CCn1cc(C(=O)O)c(=O)c2c(N)c(F)c(N3CCC(NC(C)=O)CC3)c(F)c21. The van der Waals surface area contributed by atoms with Gasteiger partial charge in [-0.1, -0.05) is 0 Å². The van der Waals surface area contributed by atoms with Gasteiger partial charge in [0.2, 0.25) is 11.3 Å². The van der Waals surface area contributed by atoms with Crippen molar-refractivity contribution in [2.45, 2.75) is 39.3 Å². The van der Waals surface area contributed by atoms with Gasteiger partial charge in [0.25, 0.3) is 0 Å². The molecule has 0 saturated carbocycles. The van der Waals surface area contributed by atoms with Crippen molar-refractivity contribution < 1.29 is 23.5 Å². The number of amides is 1. The van der Waals surface area contributed by atoms with Crippen LogP contribution in [0.2, 0.25) is 0 Å². The summed E-state index contributed by atoms with van der Waals surface area (Å²) in [4.78, 5) is 36.6. The largest absolute Gasteiger partial charge is 0.477 e. The number of carboxylic acid groups (broad SMARTS) is 1. The molecule has 29 heavy (non-hydrogen) atoms. The Balaban J connectivity index is 2.16. The van der Waals surface area contributed by atoms with Crippen LogP contribution in [0, 0.1) is 11.6 Å². The van der Waals surface area contributed by atoms with Crippen molar-refractivity contribution in [2.24, 2.45) is 0 Å². The number of carboxylic acids is 1. The van der Waals surface area contributed by atoms with Gasteiger partial charge in [-0.05, 0) is 19.8 Å². The van der Waals surface area contributed by atoms with Gasteiger partial charge in [-0.15, -0.1) is 0 Å². The molecule has 0 radical (unpaired) electrons. The predicted molar refractivity (Wildman–Crippen MR) is 104 cm³/mol. The van der Waals surface area contributed by atoms with E-state index in [1.807, 2.05) is 0 Å². The van der Waals surface area contributed by atoms with Crippen molar-refractivity contribution in [3.8, 4) is 0 Å². The molecule has 1 aliphatic heterocycles. The molecule has 1 amide bonds. The highest BCUT2D eigenvalue weighted by Gasteiger charge is 2.30. The van der Waals surface area contributed by atoms with Crippen LogP contribution < -0.4 is 21.4 Å². The fraction of sp³-hybridized carbons (Fsp3) is 0.421. The van der Waals surface area contributed by atoms with E-state index >= 15 is 8.78 Å². The number of benzene rings is 1. The normalized spacial score (nSPS) is 15.0. The molecule has 2 aromatic rings. The van der Waals surface area contributed by atoms with Crippen LogP contribution >= 0.6 is 0 Å². The van der Waals surface area contributed by atoms with Crippen molar-refractivity contribution in [2.75, 3.05) is 23.7 Å². The molecule has 1 aromatic carbocycles. The van der Waals surface area contributed by atoms with Gasteiger partial charge < -0.3 is 25.6 Å². The van der Waals surface area contributed by atoms with Crippen LogP contribution in [-0.2, 0) is 11.3 Å². The number of carbonyl (C=O) groups excluding carboxylic acids is 1. The molecule has 3 rings (SSSR count). The van der Waals surface area contributed by atoms with Gasteiger partial charge in [0.15, 0.2) is 11.6 Å². The lowest BCUT2D eigenvalue weighted by Crippen LogP contribution is -2.44. The van der Waals surface area contributed by atoms with Crippen molar-refractivity contribution in [3.63, 3.8) is 0 Å². The molecule has 2 heterocycles. The van der Waals surface area contributed by atoms with Gasteiger partial charge in [0, 0.05) is 38.8 Å². The number of rotatable bonds is 4. The van der Waals surface area contributed by atoms with E-state index in [1.165, 1.54) is 16.4 Å². The number of nitrogen functional groups attached to an aromatic ring is 1. The minimum atomic E-state index is -1.50. The number of aryl methyl sites for hydroxylation is 1. The maximum Gasteiger partial charge on any atom is 0.341 e.